The van der Waals surface area contributed by atoms with Gasteiger partial charge in [-0.3, -0.25) is 4.79 Å². The summed E-state index contributed by atoms with van der Waals surface area (Å²) in [5, 5.41) is 23.1. The lowest BCUT2D eigenvalue weighted by Gasteiger charge is -2.14. The van der Waals surface area contributed by atoms with Gasteiger partial charge >= 0.3 is 0 Å². The van der Waals surface area contributed by atoms with E-state index in [1.165, 1.54) is 13.2 Å². The Hall–Kier alpha value is -3.88. The summed E-state index contributed by atoms with van der Waals surface area (Å²) < 4.78 is 7.33. The van der Waals surface area contributed by atoms with Gasteiger partial charge in [-0.2, -0.15) is 0 Å². The summed E-state index contributed by atoms with van der Waals surface area (Å²) in [5.74, 6) is -0.439. The smallest absolute Gasteiger partial charge is 0.276 e. The molecule has 0 bridgehead atoms. The van der Waals surface area contributed by atoms with E-state index < -0.39 is 5.91 Å². The minimum atomic E-state index is -0.557. The third kappa shape index (κ3) is 5.35. The number of benzene rings is 3. The number of fused-ring (bicyclic) bond motifs is 1. The van der Waals surface area contributed by atoms with Crippen LogP contribution in [0.5, 0.6) is 5.88 Å². The number of aliphatic hydroxyl groups excluding tert-OH is 2. The highest BCUT2D eigenvalue weighted by Gasteiger charge is 2.20. The predicted octanol–water partition coefficient (Wildman–Crippen LogP) is 6.30. The first-order valence-corrected chi connectivity index (χ1v) is 12.9. The lowest BCUT2D eigenvalue weighted by atomic mass is 10.0. The average Bonchev–Trinajstić information content (AvgIpc) is 3.37. The summed E-state index contributed by atoms with van der Waals surface area (Å²) >= 11 is 13.1. The van der Waals surface area contributed by atoms with Crippen molar-refractivity contribution in [2.75, 3.05) is 12.4 Å². The SMILES string of the molecule is COc1nc(C(=O)Nc2cccc(-c3cccc4c3ccn4Cc3ccc(CO)cc3)c2Cl)c(Cl)cc1CO. The number of carbonyl (C=O) groups is 1. The molecule has 7 nitrogen and oxygen atoms in total. The van der Waals surface area contributed by atoms with Crippen molar-refractivity contribution in [3.8, 4) is 17.0 Å². The van der Waals surface area contributed by atoms with Crippen LogP contribution in [0, 0.1) is 0 Å². The topological polar surface area (TPSA) is 96.6 Å². The number of pyridine rings is 1. The third-order valence-electron chi connectivity index (χ3n) is 6.50. The largest absolute Gasteiger partial charge is 0.481 e. The Morgan fingerprint density at radius 3 is 2.38 bits per heavy atom. The molecule has 5 rings (SSSR count). The molecular weight excluding hydrogens is 537 g/mol. The average molecular weight is 562 g/mol. The van der Waals surface area contributed by atoms with Gasteiger partial charge in [0.25, 0.3) is 5.91 Å². The van der Waals surface area contributed by atoms with Crippen LogP contribution in [0.1, 0.15) is 27.2 Å². The Morgan fingerprint density at radius 2 is 1.67 bits per heavy atom. The second-order valence-corrected chi connectivity index (χ2v) is 9.71. The number of nitrogens with zero attached hydrogens (tertiary/aromatic N) is 2. The minimum Gasteiger partial charge on any atom is -0.481 e. The maximum atomic E-state index is 13.1. The lowest BCUT2D eigenvalue weighted by molar-refractivity contribution is 0.102. The highest BCUT2D eigenvalue weighted by Crippen LogP contribution is 2.38. The van der Waals surface area contributed by atoms with Crippen molar-refractivity contribution in [2.24, 2.45) is 0 Å². The third-order valence-corrected chi connectivity index (χ3v) is 7.20. The van der Waals surface area contributed by atoms with Gasteiger partial charge in [-0.25, -0.2) is 4.98 Å². The van der Waals surface area contributed by atoms with Crippen LogP contribution in [0.2, 0.25) is 10.0 Å². The molecule has 1 amide bonds. The van der Waals surface area contributed by atoms with E-state index in [-0.39, 0.29) is 29.8 Å². The van der Waals surface area contributed by atoms with Crippen molar-refractivity contribution in [3.05, 3.63) is 111 Å². The number of anilines is 1. The Morgan fingerprint density at radius 1 is 0.949 bits per heavy atom. The van der Waals surface area contributed by atoms with Crippen LogP contribution in [0.3, 0.4) is 0 Å². The zero-order chi connectivity index (χ0) is 27.5. The van der Waals surface area contributed by atoms with Crippen molar-refractivity contribution in [2.45, 2.75) is 19.8 Å². The quantitative estimate of drug-likeness (QED) is 0.206. The Balaban J connectivity index is 1.46. The van der Waals surface area contributed by atoms with E-state index in [1.807, 2.05) is 60.8 Å². The molecule has 0 aliphatic rings. The molecule has 0 saturated heterocycles. The molecule has 0 spiro atoms. The molecule has 2 heterocycles. The fraction of sp³-hybridized carbons (Fsp3) is 0.133. The van der Waals surface area contributed by atoms with E-state index in [1.54, 1.807) is 6.07 Å². The molecule has 0 aliphatic heterocycles. The highest BCUT2D eigenvalue weighted by atomic mass is 35.5. The van der Waals surface area contributed by atoms with Crippen LogP contribution in [0.15, 0.2) is 79.0 Å². The van der Waals surface area contributed by atoms with Crippen molar-refractivity contribution in [1.29, 1.82) is 0 Å². The van der Waals surface area contributed by atoms with Gasteiger partial charge in [0.15, 0.2) is 5.69 Å². The first-order valence-electron chi connectivity index (χ1n) is 12.1. The molecule has 5 aromatic rings. The molecule has 2 aromatic heterocycles. The van der Waals surface area contributed by atoms with Crippen LogP contribution >= 0.6 is 23.2 Å². The maximum Gasteiger partial charge on any atom is 0.276 e. The number of amides is 1. The molecule has 3 aromatic carbocycles. The fourth-order valence-electron chi connectivity index (χ4n) is 4.52. The molecule has 0 fully saturated rings. The van der Waals surface area contributed by atoms with Gasteiger partial charge in [0.05, 0.1) is 36.1 Å². The van der Waals surface area contributed by atoms with E-state index in [4.69, 9.17) is 27.9 Å². The zero-order valence-electron chi connectivity index (χ0n) is 21.0. The zero-order valence-corrected chi connectivity index (χ0v) is 22.5. The fourth-order valence-corrected chi connectivity index (χ4v) is 5.05. The standard InChI is InChI=1S/C30H25Cl2N3O4/c1-39-30-20(17-37)14-24(31)28(34-30)29(38)33-25-6-2-5-23(27(25)32)21-4-3-7-26-22(21)12-13-35(26)15-18-8-10-19(16-36)11-9-18/h2-14,36-37H,15-17H2,1H3,(H,33,38). The van der Waals surface area contributed by atoms with Gasteiger partial charge in [-0.15, -0.1) is 0 Å². The van der Waals surface area contributed by atoms with Crippen molar-refractivity contribution in [1.82, 2.24) is 9.55 Å². The highest BCUT2D eigenvalue weighted by molar-refractivity contribution is 6.37. The van der Waals surface area contributed by atoms with E-state index >= 15 is 0 Å². The van der Waals surface area contributed by atoms with Gasteiger partial charge in [0.1, 0.15) is 0 Å². The molecule has 39 heavy (non-hydrogen) atoms. The first kappa shape index (κ1) is 26.7. The molecular formula is C30H25Cl2N3O4. The lowest BCUT2D eigenvalue weighted by Crippen LogP contribution is -2.16. The molecule has 0 unspecified atom stereocenters. The molecule has 9 heteroatoms. The van der Waals surface area contributed by atoms with Gasteiger partial charge in [0, 0.05) is 34.8 Å². The number of ether oxygens (including phenoxy) is 1. The first-order chi connectivity index (χ1) is 18.9. The Labute approximate surface area is 235 Å². The van der Waals surface area contributed by atoms with Crippen LogP contribution in [-0.4, -0.2) is 32.8 Å². The summed E-state index contributed by atoms with van der Waals surface area (Å²) in [7, 11) is 1.40. The molecule has 3 N–H and O–H groups in total. The van der Waals surface area contributed by atoms with E-state index in [0.717, 1.165) is 33.2 Å². The molecule has 198 valence electrons. The van der Waals surface area contributed by atoms with Crippen molar-refractivity contribution < 1.29 is 19.7 Å². The predicted molar refractivity (Wildman–Crippen MR) is 154 cm³/mol. The van der Waals surface area contributed by atoms with E-state index in [9.17, 15) is 15.0 Å². The number of nitrogens with one attached hydrogen (secondary N) is 1. The molecule has 0 radical (unpaired) electrons. The maximum absolute atomic E-state index is 13.1. The summed E-state index contributed by atoms with van der Waals surface area (Å²) in [6.07, 6.45) is 2.03. The second kappa shape index (κ2) is 11.5. The number of aliphatic hydroxyl groups is 2. The number of hydrogen-bond acceptors (Lipinski definition) is 5. The number of halogens is 2. The van der Waals surface area contributed by atoms with Gasteiger partial charge < -0.3 is 24.8 Å². The number of hydrogen-bond donors (Lipinski definition) is 3. The normalized spacial score (nSPS) is 11.1. The van der Waals surface area contributed by atoms with Gasteiger partial charge in [0.2, 0.25) is 5.88 Å². The van der Waals surface area contributed by atoms with E-state index in [0.29, 0.717) is 22.8 Å². The number of carbonyl (C=O) groups excluding carboxylic acids is 1. The summed E-state index contributed by atoms with van der Waals surface area (Å²) in [5.41, 5.74) is 5.46. The van der Waals surface area contributed by atoms with Crippen molar-refractivity contribution >= 4 is 45.7 Å². The van der Waals surface area contributed by atoms with Crippen LogP contribution in [0.25, 0.3) is 22.0 Å². The molecule has 0 atom stereocenters. The Bertz CT molecular complexity index is 1670. The van der Waals surface area contributed by atoms with Crippen molar-refractivity contribution in [3.63, 3.8) is 0 Å². The minimum absolute atomic E-state index is 0.0180. The van der Waals surface area contributed by atoms with Gasteiger partial charge in [-0.05, 0) is 41.0 Å². The summed E-state index contributed by atoms with van der Waals surface area (Å²) in [6, 6.07) is 22.8. The second-order valence-electron chi connectivity index (χ2n) is 8.92. The molecule has 0 aliphatic carbocycles. The molecule has 0 saturated carbocycles. The summed E-state index contributed by atoms with van der Waals surface area (Å²) in [4.78, 5) is 17.3. The van der Waals surface area contributed by atoms with E-state index in [2.05, 4.69) is 20.9 Å². The number of rotatable bonds is 8. The number of aromatic nitrogens is 2. The van der Waals surface area contributed by atoms with Gasteiger partial charge in [-0.1, -0.05) is 71.7 Å². The number of methoxy groups -OCH3 is 1. The van der Waals surface area contributed by atoms with Crippen LogP contribution in [0.4, 0.5) is 5.69 Å². The Kier molecular flexibility index (Phi) is 7.86. The van der Waals surface area contributed by atoms with Crippen LogP contribution < -0.4 is 10.1 Å². The van der Waals surface area contributed by atoms with Crippen LogP contribution in [-0.2, 0) is 19.8 Å². The monoisotopic (exact) mass is 561 g/mol. The summed E-state index contributed by atoms with van der Waals surface area (Å²) in [6.45, 7) is 0.369.